The smallest absolute Gasteiger partial charge is 0.264 e. The molecule has 1 amide bonds. The number of aliphatic imine (C=N–C) groups is 1. The summed E-state index contributed by atoms with van der Waals surface area (Å²) < 4.78 is 31.6. The highest BCUT2D eigenvalue weighted by molar-refractivity contribution is 8.18. The van der Waals surface area contributed by atoms with Gasteiger partial charge < -0.3 is 10.1 Å². The first-order valence-corrected chi connectivity index (χ1v) is 9.89. The minimum Gasteiger partial charge on any atom is -0.489 e. The molecule has 0 aromatic heterocycles. The Labute approximate surface area is 176 Å². The summed E-state index contributed by atoms with van der Waals surface area (Å²) in [4.78, 5) is 17.0. The van der Waals surface area contributed by atoms with Crippen LogP contribution >= 0.6 is 11.8 Å². The number of benzene rings is 3. The summed E-state index contributed by atoms with van der Waals surface area (Å²) in [7, 11) is 0. The molecule has 1 aliphatic rings. The minimum absolute atomic E-state index is 0.238. The van der Waals surface area contributed by atoms with E-state index in [0.29, 0.717) is 28.1 Å². The molecular formula is C23H16F2N2O2S. The third-order valence-corrected chi connectivity index (χ3v) is 5.11. The van der Waals surface area contributed by atoms with Crippen molar-refractivity contribution in [3.8, 4) is 5.75 Å². The fourth-order valence-electron chi connectivity index (χ4n) is 2.67. The average Bonchev–Trinajstić information content (AvgIpc) is 3.09. The van der Waals surface area contributed by atoms with Gasteiger partial charge in [-0.15, -0.1) is 0 Å². The van der Waals surface area contributed by atoms with E-state index >= 15 is 0 Å². The zero-order chi connectivity index (χ0) is 20.9. The molecule has 0 aliphatic carbocycles. The van der Waals surface area contributed by atoms with Gasteiger partial charge in [-0.05, 0) is 77.5 Å². The minimum atomic E-state index is -0.340. The quantitative estimate of drug-likeness (QED) is 0.558. The largest absolute Gasteiger partial charge is 0.489 e. The van der Waals surface area contributed by atoms with E-state index in [1.165, 1.54) is 36.0 Å². The lowest BCUT2D eigenvalue weighted by Gasteiger charge is -2.06. The Morgan fingerprint density at radius 1 is 0.900 bits per heavy atom. The molecule has 1 N–H and O–H groups in total. The Bertz CT molecular complexity index is 1110. The zero-order valence-corrected chi connectivity index (χ0v) is 16.5. The van der Waals surface area contributed by atoms with E-state index in [1.807, 2.05) is 12.1 Å². The highest BCUT2D eigenvalue weighted by atomic mass is 32.2. The summed E-state index contributed by atoms with van der Waals surface area (Å²) >= 11 is 1.22. The van der Waals surface area contributed by atoms with Gasteiger partial charge in [0.25, 0.3) is 5.91 Å². The Kier molecular flexibility index (Phi) is 5.90. The molecule has 150 valence electrons. The second-order valence-electron chi connectivity index (χ2n) is 6.44. The van der Waals surface area contributed by atoms with Crippen LogP contribution in [0, 0.1) is 11.6 Å². The van der Waals surface area contributed by atoms with Crippen molar-refractivity contribution in [2.24, 2.45) is 4.99 Å². The molecule has 1 fully saturated rings. The number of ether oxygens (including phenoxy) is 1. The van der Waals surface area contributed by atoms with Gasteiger partial charge in [0.2, 0.25) is 0 Å². The van der Waals surface area contributed by atoms with Crippen molar-refractivity contribution < 1.29 is 18.3 Å². The molecule has 1 aliphatic heterocycles. The third kappa shape index (κ3) is 5.12. The number of halogens is 2. The summed E-state index contributed by atoms with van der Waals surface area (Å²) in [6.45, 7) is 0.335. The second kappa shape index (κ2) is 8.92. The predicted molar refractivity (Wildman–Crippen MR) is 114 cm³/mol. The lowest BCUT2D eigenvalue weighted by atomic mass is 10.2. The number of carbonyl (C=O) groups is 1. The maximum atomic E-state index is 13.0. The van der Waals surface area contributed by atoms with Crippen LogP contribution < -0.4 is 10.1 Å². The van der Waals surface area contributed by atoms with Crippen molar-refractivity contribution in [1.82, 2.24) is 5.32 Å². The van der Waals surface area contributed by atoms with Crippen LogP contribution in [0.4, 0.5) is 14.5 Å². The fraction of sp³-hybridized carbons (Fsp3) is 0.0435. The van der Waals surface area contributed by atoms with Crippen LogP contribution in [-0.4, -0.2) is 11.1 Å². The van der Waals surface area contributed by atoms with E-state index < -0.39 is 0 Å². The monoisotopic (exact) mass is 422 g/mol. The summed E-state index contributed by atoms with van der Waals surface area (Å²) in [5, 5.41) is 3.14. The van der Waals surface area contributed by atoms with Gasteiger partial charge in [0, 0.05) is 0 Å². The SMILES string of the molecule is O=C1NC(=Nc2ccc(F)cc2)S/C1=C/c1ccc(OCc2ccc(F)cc2)cc1. The number of amides is 1. The van der Waals surface area contributed by atoms with Crippen LogP contribution in [0.25, 0.3) is 6.08 Å². The lowest BCUT2D eigenvalue weighted by molar-refractivity contribution is -0.115. The zero-order valence-electron chi connectivity index (χ0n) is 15.6. The molecule has 3 aromatic carbocycles. The van der Waals surface area contributed by atoms with Crippen molar-refractivity contribution in [2.45, 2.75) is 6.61 Å². The Morgan fingerprint density at radius 3 is 2.20 bits per heavy atom. The molecule has 1 heterocycles. The van der Waals surface area contributed by atoms with Crippen LogP contribution in [0.1, 0.15) is 11.1 Å². The first-order chi connectivity index (χ1) is 14.5. The molecule has 0 radical (unpaired) electrons. The molecule has 4 rings (SSSR count). The molecule has 0 atom stereocenters. The number of rotatable bonds is 5. The van der Waals surface area contributed by atoms with Gasteiger partial charge in [-0.2, -0.15) is 0 Å². The Hall–Kier alpha value is -3.45. The first-order valence-electron chi connectivity index (χ1n) is 9.08. The Balaban J connectivity index is 1.39. The third-order valence-electron chi connectivity index (χ3n) is 4.20. The van der Waals surface area contributed by atoms with Gasteiger partial charge >= 0.3 is 0 Å². The van der Waals surface area contributed by atoms with Gasteiger partial charge in [-0.3, -0.25) is 4.79 Å². The molecule has 0 spiro atoms. The summed E-state index contributed by atoms with van der Waals surface area (Å²) in [6, 6.07) is 19.2. The van der Waals surface area contributed by atoms with Gasteiger partial charge in [0.15, 0.2) is 5.17 Å². The number of nitrogens with zero attached hydrogens (tertiary/aromatic N) is 1. The first kappa shape index (κ1) is 19.8. The number of hydrogen-bond donors (Lipinski definition) is 1. The van der Waals surface area contributed by atoms with Crippen molar-refractivity contribution in [1.29, 1.82) is 0 Å². The molecule has 0 unspecified atom stereocenters. The van der Waals surface area contributed by atoms with Gasteiger partial charge in [-0.1, -0.05) is 24.3 Å². The molecule has 3 aromatic rings. The fourth-order valence-corrected chi connectivity index (χ4v) is 3.51. The molecule has 4 nitrogen and oxygen atoms in total. The number of thioether (sulfide) groups is 1. The Morgan fingerprint density at radius 2 is 1.53 bits per heavy atom. The number of carbonyl (C=O) groups excluding carboxylic acids is 1. The normalized spacial score (nSPS) is 16.1. The molecule has 7 heteroatoms. The van der Waals surface area contributed by atoms with Crippen molar-refractivity contribution >= 4 is 34.6 Å². The van der Waals surface area contributed by atoms with E-state index in [9.17, 15) is 13.6 Å². The van der Waals surface area contributed by atoms with Crippen molar-refractivity contribution in [2.75, 3.05) is 0 Å². The van der Waals surface area contributed by atoms with Crippen LogP contribution in [0.2, 0.25) is 0 Å². The molecule has 0 saturated carbocycles. The van der Waals surface area contributed by atoms with Gasteiger partial charge in [0.1, 0.15) is 24.0 Å². The van der Waals surface area contributed by atoms with Crippen LogP contribution in [0.5, 0.6) is 5.75 Å². The summed E-state index contributed by atoms with van der Waals surface area (Å²) in [6.07, 6.45) is 1.76. The molecule has 0 bridgehead atoms. The summed E-state index contributed by atoms with van der Waals surface area (Å²) in [5.74, 6) is -0.190. The van der Waals surface area contributed by atoms with E-state index in [1.54, 1.807) is 42.5 Å². The maximum absolute atomic E-state index is 13.0. The number of amidine groups is 1. The highest BCUT2D eigenvalue weighted by Crippen LogP contribution is 2.28. The van der Waals surface area contributed by atoms with Crippen LogP contribution in [0.15, 0.2) is 82.7 Å². The average molecular weight is 422 g/mol. The topological polar surface area (TPSA) is 50.7 Å². The predicted octanol–water partition coefficient (Wildman–Crippen LogP) is 5.44. The second-order valence-corrected chi connectivity index (χ2v) is 7.47. The van der Waals surface area contributed by atoms with Gasteiger partial charge in [0.05, 0.1) is 10.6 Å². The van der Waals surface area contributed by atoms with E-state index in [-0.39, 0.29) is 17.5 Å². The van der Waals surface area contributed by atoms with Crippen molar-refractivity contribution in [3.63, 3.8) is 0 Å². The van der Waals surface area contributed by atoms with Crippen LogP contribution in [-0.2, 0) is 11.4 Å². The molecule has 30 heavy (non-hydrogen) atoms. The molecule has 1 saturated heterocycles. The van der Waals surface area contributed by atoms with E-state index in [4.69, 9.17) is 4.74 Å². The number of nitrogens with one attached hydrogen (secondary N) is 1. The lowest BCUT2D eigenvalue weighted by Crippen LogP contribution is -2.19. The number of hydrogen-bond acceptors (Lipinski definition) is 4. The molecular weight excluding hydrogens is 406 g/mol. The van der Waals surface area contributed by atoms with Crippen molar-refractivity contribution in [3.05, 3.63) is 100 Å². The van der Waals surface area contributed by atoms with E-state index in [0.717, 1.165) is 11.1 Å². The van der Waals surface area contributed by atoms with Crippen LogP contribution in [0.3, 0.4) is 0 Å². The highest BCUT2D eigenvalue weighted by Gasteiger charge is 2.23. The van der Waals surface area contributed by atoms with E-state index in [2.05, 4.69) is 10.3 Å². The van der Waals surface area contributed by atoms with Gasteiger partial charge in [-0.25, -0.2) is 13.8 Å². The standard InChI is InChI=1S/C23H16F2N2O2S/c24-17-5-1-16(2-6-17)14-29-20-11-3-15(4-12-20)13-21-22(28)27-23(30-21)26-19-9-7-18(25)8-10-19/h1-13H,14H2,(H,26,27,28)/b21-13+. The maximum Gasteiger partial charge on any atom is 0.264 e. The summed E-state index contributed by atoms with van der Waals surface area (Å²) in [5.41, 5.74) is 2.27.